The zero-order chi connectivity index (χ0) is 12.0. The van der Waals surface area contributed by atoms with Crippen LogP contribution in [0.3, 0.4) is 0 Å². The first kappa shape index (κ1) is 13.2. The average Bonchev–Trinajstić information content (AvgIpc) is 2.22. The van der Waals surface area contributed by atoms with E-state index in [0.717, 1.165) is 25.9 Å². The summed E-state index contributed by atoms with van der Waals surface area (Å²) < 4.78 is 0. The third-order valence-electron chi connectivity index (χ3n) is 2.91. The Hall–Kier alpha value is -0.860. The highest BCUT2D eigenvalue weighted by molar-refractivity contribution is 5.29. The van der Waals surface area contributed by atoms with Gasteiger partial charge in [0.05, 0.1) is 0 Å². The van der Waals surface area contributed by atoms with Gasteiger partial charge >= 0.3 is 0 Å². The van der Waals surface area contributed by atoms with E-state index in [9.17, 15) is 0 Å². The quantitative estimate of drug-likeness (QED) is 0.723. The molecule has 1 rings (SSSR count). The molecule has 90 valence electrons. The van der Waals surface area contributed by atoms with Crippen LogP contribution in [0.15, 0.2) is 18.2 Å². The molecule has 1 aromatic rings. The van der Waals surface area contributed by atoms with E-state index in [2.05, 4.69) is 44.3 Å². The van der Waals surface area contributed by atoms with Gasteiger partial charge in [0.25, 0.3) is 0 Å². The maximum atomic E-state index is 5.69. The van der Waals surface area contributed by atoms with Crippen molar-refractivity contribution in [3.05, 3.63) is 34.9 Å². The van der Waals surface area contributed by atoms with Crippen LogP contribution in [-0.2, 0) is 6.54 Å². The molecular weight excluding hydrogens is 196 g/mol. The van der Waals surface area contributed by atoms with Crippen LogP contribution in [0, 0.1) is 13.8 Å². The highest BCUT2D eigenvalue weighted by atomic mass is 14.8. The molecule has 2 heteroatoms. The predicted octanol–water partition coefficient (Wildman–Crippen LogP) is 2.52. The standard InChI is InChI=1S/C14H24N2/c1-11-6-7-14(9-12(11)2)10-16-8-4-5-13(3)15/h6-7,9,13,16H,4-5,8,10,15H2,1-3H3. The Morgan fingerprint density at radius 3 is 2.62 bits per heavy atom. The van der Waals surface area contributed by atoms with Crippen LogP contribution in [0.1, 0.15) is 36.5 Å². The van der Waals surface area contributed by atoms with Gasteiger partial charge in [0.1, 0.15) is 0 Å². The van der Waals surface area contributed by atoms with Gasteiger partial charge in [-0.15, -0.1) is 0 Å². The molecule has 2 nitrogen and oxygen atoms in total. The predicted molar refractivity (Wildman–Crippen MR) is 70.5 cm³/mol. The van der Waals surface area contributed by atoms with Crippen LogP contribution in [0.5, 0.6) is 0 Å². The van der Waals surface area contributed by atoms with Crippen LogP contribution in [-0.4, -0.2) is 12.6 Å². The summed E-state index contributed by atoms with van der Waals surface area (Å²) in [6, 6.07) is 6.96. The van der Waals surface area contributed by atoms with Crippen LogP contribution >= 0.6 is 0 Å². The fourth-order valence-corrected chi connectivity index (χ4v) is 1.70. The van der Waals surface area contributed by atoms with E-state index in [4.69, 9.17) is 5.73 Å². The van der Waals surface area contributed by atoms with Crippen molar-refractivity contribution in [2.75, 3.05) is 6.54 Å². The first-order valence-electron chi connectivity index (χ1n) is 6.12. The second kappa shape index (κ2) is 6.66. The Morgan fingerprint density at radius 1 is 1.25 bits per heavy atom. The van der Waals surface area contributed by atoms with Gasteiger partial charge < -0.3 is 11.1 Å². The Labute approximate surface area is 99.2 Å². The number of nitrogens with one attached hydrogen (secondary N) is 1. The molecule has 0 aliphatic rings. The molecule has 0 saturated carbocycles. The van der Waals surface area contributed by atoms with Crippen molar-refractivity contribution in [3.8, 4) is 0 Å². The van der Waals surface area contributed by atoms with E-state index in [1.54, 1.807) is 0 Å². The highest BCUT2D eigenvalue weighted by Gasteiger charge is 1.97. The third kappa shape index (κ3) is 4.77. The van der Waals surface area contributed by atoms with Gasteiger partial charge in [0.2, 0.25) is 0 Å². The van der Waals surface area contributed by atoms with Crippen LogP contribution in [0.2, 0.25) is 0 Å². The molecule has 1 atom stereocenters. The van der Waals surface area contributed by atoms with Crippen molar-refractivity contribution in [1.82, 2.24) is 5.32 Å². The molecule has 0 heterocycles. The summed E-state index contributed by atoms with van der Waals surface area (Å²) in [6.07, 6.45) is 2.25. The summed E-state index contributed by atoms with van der Waals surface area (Å²) in [4.78, 5) is 0. The summed E-state index contributed by atoms with van der Waals surface area (Å²) in [7, 11) is 0. The smallest absolute Gasteiger partial charge is 0.0205 e. The summed E-state index contributed by atoms with van der Waals surface area (Å²) in [6.45, 7) is 8.38. The number of hydrogen-bond donors (Lipinski definition) is 2. The van der Waals surface area contributed by atoms with Gasteiger partial charge in [0.15, 0.2) is 0 Å². The van der Waals surface area contributed by atoms with Crippen molar-refractivity contribution < 1.29 is 0 Å². The number of nitrogens with two attached hydrogens (primary N) is 1. The van der Waals surface area contributed by atoms with E-state index in [1.165, 1.54) is 16.7 Å². The van der Waals surface area contributed by atoms with Crippen molar-refractivity contribution in [2.45, 2.75) is 46.2 Å². The monoisotopic (exact) mass is 220 g/mol. The molecule has 3 N–H and O–H groups in total. The number of hydrogen-bond acceptors (Lipinski definition) is 2. The highest BCUT2D eigenvalue weighted by Crippen LogP contribution is 2.09. The lowest BCUT2D eigenvalue weighted by molar-refractivity contribution is 0.574. The van der Waals surface area contributed by atoms with Crippen molar-refractivity contribution >= 4 is 0 Å². The second-order valence-corrected chi connectivity index (χ2v) is 4.71. The summed E-state index contributed by atoms with van der Waals surface area (Å²) in [5.74, 6) is 0. The summed E-state index contributed by atoms with van der Waals surface area (Å²) >= 11 is 0. The fraction of sp³-hybridized carbons (Fsp3) is 0.571. The maximum Gasteiger partial charge on any atom is 0.0205 e. The number of rotatable bonds is 6. The van der Waals surface area contributed by atoms with E-state index >= 15 is 0 Å². The molecule has 1 unspecified atom stereocenters. The molecule has 0 bridgehead atoms. The van der Waals surface area contributed by atoms with Gasteiger partial charge in [-0.1, -0.05) is 18.2 Å². The van der Waals surface area contributed by atoms with Crippen molar-refractivity contribution in [3.63, 3.8) is 0 Å². The lowest BCUT2D eigenvalue weighted by Crippen LogP contribution is -2.19. The van der Waals surface area contributed by atoms with E-state index in [0.29, 0.717) is 6.04 Å². The summed E-state index contributed by atoms with van der Waals surface area (Å²) in [5.41, 5.74) is 9.79. The zero-order valence-electron chi connectivity index (χ0n) is 10.7. The maximum absolute atomic E-state index is 5.69. The molecule has 0 saturated heterocycles. The number of benzene rings is 1. The van der Waals surface area contributed by atoms with E-state index in [1.807, 2.05) is 0 Å². The molecule has 0 spiro atoms. The van der Waals surface area contributed by atoms with Gasteiger partial charge in [-0.25, -0.2) is 0 Å². The first-order chi connectivity index (χ1) is 7.59. The molecule has 0 radical (unpaired) electrons. The molecule has 0 aromatic heterocycles. The fourth-order valence-electron chi connectivity index (χ4n) is 1.70. The van der Waals surface area contributed by atoms with E-state index in [-0.39, 0.29) is 0 Å². The molecular formula is C14H24N2. The Bertz CT molecular complexity index is 319. The van der Waals surface area contributed by atoms with Crippen molar-refractivity contribution in [1.29, 1.82) is 0 Å². The van der Waals surface area contributed by atoms with Crippen LogP contribution in [0.4, 0.5) is 0 Å². The molecule has 16 heavy (non-hydrogen) atoms. The molecule has 0 aliphatic carbocycles. The SMILES string of the molecule is Cc1ccc(CNCCCC(C)N)cc1C. The molecule has 0 amide bonds. The van der Waals surface area contributed by atoms with Gasteiger partial charge in [-0.05, 0) is 56.8 Å². The third-order valence-corrected chi connectivity index (χ3v) is 2.91. The minimum atomic E-state index is 0.323. The second-order valence-electron chi connectivity index (χ2n) is 4.71. The Kier molecular flexibility index (Phi) is 5.50. The van der Waals surface area contributed by atoms with E-state index < -0.39 is 0 Å². The normalized spacial score (nSPS) is 12.8. The lowest BCUT2D eigenvalue weighted by Gasteiger charge is -2.08. The van der Waals surface area contributed by atoms with Gasteiger partial charge in [0, 0.05) is 12.6 Å². The van der Waals surface area contributed by atoms with Gasteiger partial charge in [-0.3, -0.25) is 0 Å². The largest absolute Gasteiger partial charge is 0.328 e. The van der Waals surface area contributed by atoms with Crippen LogP contribution in [0.25, 0.3) is 0 Å². The van der Waals surface area contributed by atoms with Crippen molar-refractivity contribution in [2.24, 2.45) is 5.73 Å². The Morgan fingerprint density at radius 2 is 2.00 bits per heavy atom. The van der Waals surface area contributed by atoms with Crippen LogP contribution < -0.4 is 11.1 Å². The number of aryl methyl sites for hydroxylation is 2. The molecule has 0 fully saturated rings. The summed E-state index contributed by atoms with van der Waals surface area (Å²) in [5, 5.41) is 3.45. The molecule has 1 aromatic carbocycles. The van der Waals surface area contributed by atoms with Gasteiger partial charge in [-0.2, -0.15) is 0 Å². The lowest BCUT2D eigenvalue weighted by atomic mass is 10.1. The zero-order valence-corrected chi connectivity index (χ0v) is 10.7. The minimum absolute atomic E-state index is 0.323. The Balaban J connectivity index is 2.24. The minimum Gasteiger partial charge on any atom is -0.328 e. The average molecular weight is 220 g/mol. The topological polar surface area (TPSA) is 38.0 Å². The molecule has 0 aliphatic heterocycles. The first-order valence-corrected chi connectivity index (χ1v) is 6.12.